The van der Waals surface area contributed by atoms with Crippen LogP contribution >= 0.6 is 11.8 Å². The number of aliphatic hydroxyl groups excluding tert-OH is 1. The van der Waals surface area contributed by atoms with Gasteiger partial charge in [-0.1, -0.05) is 91.5 Å². The summed E-state index contributed by atoms with van der Waals surface area (Å²) in [4.78, 5) is 23.8. The van der Waals surface area contributed by atoms with E-state index in [1.54, 1.807) is 11.6 Å². The number of amides is 2. The predicted molar refractivity (Wildman–Crippen MR) is 171 cm³/mol. The fourth-order valence-corrected chi connectivity index (χ4v) is 6.20. The number of aliphatic hydroxyl groups is 1. The van der Waals surface area contributed by atoms with Crippen LogP contribution in [0.1, 0.15) is 48.5 Å². The Bertz CT molecular complexity index is 1600. The molecule has 0 bridgehead atoms. The van der Waals surface area contributed by atoms with E-state index in [0.29, 0.717) is 10.9 Å². The zero-order chi connectivity index (χ0) is 32.5. The summed E-state index contributed by atoms with van der Waals surface area (Å²) in [6, 6.07) is 23.2. The summed E-state index contributed by atoms with van der Waals surface area (Å²) in [5, 5.41) is 27.3. The summed E-state index contributed by atoms with van der Waals surface area (Å²) in [7, 11) is 1.81. The summed E-state index contributed by atoms with van der Waals surface area (Å²) < 4.78 is 19.6. The van der Waals surface area contributed by atoms with E-state index in [4.69, 9.17) is 14.2 Å². The Balaban J connectivity index is 1.31. The SMILES string of the molecule is CCOC(=O)CNC(=O)NCc1ccccc1-c1ccc([C@H]2O[C@@H](CSc3nnnn3C)[C@@H](C)[C@@H](c3ccc(CO)cc3)O2)cc1. The van der Waals surface area contributed by atoms with E-state index in [2.05, 4.69) is 33.1 Å². The van der Waals surface area contributed by atoms with Crippen LogP contribution in [0.3, 0.4) is 0 Å². The van der Waals surface area contributed by atoms with E-state index in [-0.39, 0.29) is 44.4 Å². The number of tetrazole rings is 1. The standard InChI is InChI=1S/C33H38N6O6S/c1-4-43-29(41)18-35-32(42)34-17-26-7-5-6-8-27(26)23-13-15-25(16-14-23)31-44-28(20-46-33-36-37-38-39(33)3)21(2)30(45-31)24-11-9-22(19-40)10-12-24/h5-16,21,28,30-31,40H,4,17-20H2,1-3H3,(H2,34,35,42)/t21-,28+,30+,31+/m1/s1. The fourth-order valence-electron chi connectivity index (χ4n) is 5.19. The Morgan fingerprint density at radius 1 is 1.00 bits per heavy atom. The van der Waals surface area contributed by atoms with Crippen LogP contribution in [-0.4, -0.2) is 62.3 Å². The first-order valence-corrected chi connectivity index (χ1v) is 16.1. The number of nitrogens with one attached hydrogen (secondary N) is 2. The molecule has 46 heavy (non-hydrogen) atoms. The van der Waals surface area contributed by atoms with Gasteiger partial charge in [-0.3, -0.25) is 4.79 Å². The van der Waals surface area contributed by atoms with Crippen molar-refractivity contribution in [3.8, 4) is 11.1 Å². The molecule has 2 amide bonds. The van der Waals surface area contributed by atoms with Crippen molar-refractivity contribution in [2.75, 3.05) is 18.9 Å². The minimum absolute atomic E-state index is 0.0215. The molecule has 3 N–H and O–H groups in total. The third-order valence-corrected chi connectivity index (χ3v) is 8.83. The molecule has 5 rings (SSSR count). The lowest BCUT2D eigenvalue weighted by Gasteiger charge is -2.41. The van der Waals surface area contributed by atoms with Crippen LogP contribution in [0, 0.1) is 5.92 Å². The maximum atomic E-state index is 12.3. The van der Waals surface area contributed by atoms with Gasteiger partial charge < -0.3 is 30.0 Å². The van der Waals surface area contributed by atoms with E-state index >= 15 is 0 Å². The Hall–Kier alpha value is -4.30. The number of aryl methyl sites for hydroxylation is 1. The molecule has 0 aliphatic carbocycles. The van der Waals surface area contributed by atoms with Crippen LogP contribution in [0.5, 0.6) is 0 Å². The highest BCUT2D eigenvalue weighted by atomic mass is 32.2. The van der Waals surface area contributed by atoms with Gasteiger partial charge in [0.1, 0.15) is 6.54 Å². The van der Waals surface area contributed by atoms with Gasteiger partial charge in [0, 0.05) is 30.8 Å². The molecule has 1 aromatic heterocycles. The Labute approximate surface area is 271 Å². The van der Waals surface area contributed by atoms with Crippen molar-refractivity contribution in [1.82, 2.24) is 30.8 Å². The van der Waals surface area contributed by atoms with E-state index in [9.17, 15) is 14.7 Å². The van der Waals surface area contributed by atoms with E-state index in [1.807, 2.05) is 79.8 Å². The predicted octanol–water partition coefficient (Wildman–Crippen LogP) is 4.32. The number of carbonyl (C=O) groups excluding carboxylic acids is 2. The fraction of sp³-hybridized carbons (Fsp3) is 0.364. The normalized spacial score (nSPS) is 19.4. The van der Waals surface area contributed by atoms with Gasteiger partial charge in [0.15, 0.2) is 6.29 Å². The summed E-state index contributed by atoms with van der Waals surface area (Å²) in [5.74, 6) is 0.169. The first kappa shape index (κ1) is 33.1. The largest absolute Gasteiger partial charge is 0.465 e. The van der Waals surface area contributed by atoms with Crippen molar-refractivity contribution in [3.05, 3.63) is 95.1 Å². The van der Waals surface area contributed by atoms with Gasteiger partial charge in [-0.2, -0.15) is 0 Å². The number of thioether (sulfide) groups is 1. The quantitative estimate of drug-likeness (QED) is 0.150. The van der Waals surface area contributed by atoms with Gasteiger partial charge in [0.25, 0.3) is 0 Å². The zero-order valence-electron chi connectivity index (χ0n) is 26.0. The minimum Gasteiger partial charge on any atom is -0.465 e. The number of aromatic nitrogens is 4. The second-order valence-corrected chi connectivity index (χ2v) is 11.8. The number of ether oxygens (including phenoxy) is 3. The summed E-state index contributed by atoms with van der Waals surface area (Å²) in [6.07, 6.45) is -1.02. The van der Waals surface area contributed by atoms with Crippen molar-refractivity contribution < 1.29 is 28.9 Å². The molecule has 0 spiro atoms. The monoisotopic (exact) mass is 646 g/mol. The van der Waals surface area contributed by atoms with E-state index in [1.165, 1.54) is 11.8 Å². The number of carbonyl (C=O) groups is 2. The van der Waals surface area contributed by atoms with E-state index in [0.717, 1.165) is 33.4 Å². The molecule has 2 heterocycles. The number of hydrogen-bond donors (Lipinski definition) is 3. The number of urea groups is 1. The lowest BCUT2D eigenvalue weighted by atomic mass is 9.91. The molecule has 0 unspecified atom stereocenters. The Morgan fingerprint density at radius 3 is 2.43 bits per heavy atom. The molecule has 1 aliphatic rings. The average molecular weight is 647 g/mol. The molecular weight excluding hydrogens is 608 g/mol. The zero-order valence-corrected chi connectivity index (χ0v) is 26.8. The Kier molecular flexibility index (Phi) is 11.4. The van der Waals surface area contributed by atoms with Gasteiger partial charge in [-0.15, -0.1) is 5.10 Å². The topological polar surface area (TPSA) is 150 Å². The van der Waals surface area contributed by atoms with Crippen LogP contribution < -0.4 is 10.6 Å². The first-order valence-electron chi connectivity index (χ1n) is 15.1. The molecule has 1 fully saturated rings. The van der Waals surface area contributed by atoms with Crippen molar-refractivity contribution in [3.63, 3.8) is 0 Å². The average Bonchev–Trinajstić information content (AvgIpc) is 3.50. The number of rotatable bonds is 12. The van der Waals surface area contributed by atoms with Crippen LogP contribution in [0.15, 0.2) is 78.0 Å². The molecule has 0 radical (unpaired) electrons. The number of nitrogens with zero attached hydrogens (tertiary/aromatic N) is 4. The molecule has 0 saturated carbocycles. The highest BCUT2D eigenvalue weighted by molar-refractivity contribution is 7.99. The third-order valence-electron chi connectivity index (χ3n) is 7.73. The van der Waals surface area contributed by atoms with Crippen molar-refractivity contribution in [1.29, 1.82) is 0 Å². The van der Waals surface area contributed by atoms with Crippen molar-refractivity contribution in [2.45, 2.75) is 50.7 Å². The molecule has 1 aliphatic heterocycles. The van der Waals surface area contributed by atoms with E-state index < -0.39 is 18.3 Å². The maximum Gasteiger partial charge on any atom is 0.325 e. The smallest absolute Gasteiger partial charge is 0.325 e. The third kappa shape index (κ3) is 8.29. The van der Waals surface area contributed by atoms with Crippen LogP contribution in [-0.2, 0) is 39.2 Å². The lowest BCUT2D eigenvalue weighted by molar-refractivity contribution is -0.268. The maximum absolute atomic E-state index is 12.3. The van der Waals surface area contributed by atoms with Crippen LogP contribution in [0.2, 0.25) is 0 Å². The number of esters is 1. The Morgan fingerprint density at radius 2 is 1.74 bits per heavy atom. The molecule has 12 nitrogen and oxygen atoms in total. The highest BCUT2D eigenvalue weighted by Gasteiger charge is 2.38. The summed E-state index contributed by atoms with van der Waals surface area (Å²) >= 11 is 1.53. The second kappa shape index (κ2) is 15.8. The van der Waals surface area contributed by atoms with Crippen LogP contribution in [0.4, 0.5) is 4.79 Å². The highest BCUT2D eigenvalue weighted by Crippen LogP contribution is 2.43. The number of hydrogen-bond acceptors (Lipinski definition) is 10. The molecule has 3 aromatic carbocycles. The molecule has 1 saturated heterocycles. The van der Waals surface area contributed by atoms with Crippen molar-refractivity contribution in [2.24, 2.45) is 13.0 Å². The second-order valence-electron chi connectivity index (χ2n) is 10.8. The molecular formula is C33H38N6O6S. The molecule has 13 heteroatoms. The van der Waals surface area contributed by atoms with Crippen LogP contribution in [0.25, 0.3) is 11.1 Å². The van der Waals surface area contributed by atoms with Gasteiger partial charge in [-0.25, -0.2) is 9.48 Å². The van der Waals surface area contributed by atoms with Gasteiger partial charge in [0.05, 0.1) is 25.4 Å². The molecule has 242 valence electrons. The summed E-state index contributed by atoms with van der Waals surface area (Å²) in [6.45, 7) is 4.14. The van der Waals surface area contributed by atoms with Gasteiger partial charge >= 0.3 is 12.0 Å². The van der Waals surface area contributed by atoms with Gasteiger partial charge in [-0.05, 0) is 45.2 Å². The first-order chi connectivity index (χ1) is 22.4. The molecule has 4 aromatic rings. The minimum atomic E-state index is -0.615. The van der Waals surface area contributed by atoms with Crippen molar-refractivity contribution >= 4 is 23.8 Å². The summed E-state index contributed by atoms with van der Waals surface area (Å²) in [5.41, 5.74) is 5.57. The lowest BCUT2D eigenvalue weighted by Crippen LogP contribution is -2.38. The molecule has 4 atom stereocenters. The van der Waals surface area contributed by atoms with Gasteiger partial charge in [0.2, 0.25) is 5.16 Å². The number of benzene rings is 3.